The molecule has 1 aromatic rings. The van der Waals surface area contributed by atoms with Gasteiger partial charge in [0, 0.05) is 10.7 Å². The maximum Gasteiger partial charge on any atom is 0.234 e. The highest BCUT2D eigenvalue weighted by Gasteiger charge is 2.03. The normalized spacial score (nSPS) is 11.4. The molecule has 0 spiro atoms. The summed E-state index contributed by atoms with van der Waals surface area (Å²) in [6.07, 6.45) is 0. The van der Waals surface area contributed by atoms with Gasteiger partial charge in [-0.1, -0.05) is 12.1 Å². The third kappa shape index (κ3) is 7.20. The summed E-state index contributed by atoms with van der Waals surface area (Å²) in [6, 6.07) is 7.67. The van der Waals surface area contributed by atoms with Crippen molar-refractivity contribution in [3.05, 3.63) is 29.8 Å². The van der Waals surface area contributed by atoms with Gasteiger partial charge in [-0.25, -0.2) is 8.42 Å². The molecule has 0 N–H and O–H groups in total. The first-order valence-corrected chi connectivity index (χ1v) is 7.65. The third-order valence-corrected chi connectivity index (χ3v) is 3.07. The van der Waals surface area contributed by atoms with Crippen LogP contribution >= 0.6 is 10.7 Å². The van der Waals surface area contributed by atoms with Gasteiger partial charge < -0.3 is 9.47 Å². The van der Waals surface area contributed by atoms with Crippen LogP contribution in [0.5, 0.6) is 5.75 Å². The zero-order valence-electron chi connectivity index (χ0n) is 9.56. The fraction of sp³-hybridized carbons (Fsp3) is 0.455. The summed E-state index contributed by atoms with van der Waals surface area (Å²) in [7, 11) is 1.56. The van der Waals surface area contributed by atoms with Crippen LogP contribution in [0.1, 0.15) is 5.56 Å². The van der Waals surface area contributed by atoms with Crippen LogP contribution in [0.25, 0.3) is 0 Å². The highest BCUT2D eigenvalue weighted by atomic mass is 35.7. The van der Waals surface area contributed by atoms with E-state index in [9.17, 15) is 8.42 Å². The maximum absolute atomic E-state index is 10.6. The molecule has 0 saturated carbocycles. The minimum absolute atomic E-state index is 0.0863. The molecule has 0 radical (unpaired) electrons. The number of halogens is 1. The number of rotatable bonds is 7. The van der Waals surface area contributed by atoms with E-state index in [0.717, 1.165) is 11.3 Å². The van der Waals surface area contributed by atoms with Crippen molar-refractivity contribution in [1.29, 1.82) is 0 Å². The number of hydrogen-bond acceptors (Lipinski definition) is 4. The molecule has 0 aliphatic heterocycles. The van der Waals surface area contributed by atoms with Gasteiger partial charge >= 0.3 is 0 Å². The third-order valence-electron chi connectivity index (χ3n) is 1.96. The Hall–Kier alpha value is -0.780. The number of aryl methyl sites for hydroxylation is 1. The first-order valence-electron chi connectivity index (χ1n) is 5.17. The minimum atomic E-state index is -3.46. The van der Waals surface area contributed by atoms with Crippen molar-refractivity contribution in [2.24, 2.45) is 0 Å². The molecule has 4 nitrogen and oxygen atoms in total. The Morgan fingerprint density at radius 3 is 2.65 bits per heavy atom. The smallest absolute Gasteiger partial charge is 0.234 e. The molecular weight excluding hydrogens is 264 g/mol. The molecule has 0 unspecified atom stereocenters. The Labute approximate surface area is 106 Å². The molecule has 0 aliphatic carbocycles. The van der Waals surface area contributed by atoms with E-state index in [4.69, 9.17) is 20.2 Å². The Morgan fingerprint density at radius 2 is 2.00 bits per heavy atom. The van der Waals surface area contributed by atoms with Crippen LogP contribution in [0, 0.1) is 6.92 Å². The zero-order valence-corrected chi connectivity index (χ0v) is 11.1. The summed E-state index contributed by atoms with van der Waals surface area (Å²) in [6.45, 7) is 2.78. The van der Waals surface area contributed by atoms with Crippen LogP contribution in [-0.4, -0.2) is 34.0 Å². The van der Waals surface area contributed by atoms with Gasteiger partial charge in [0.2, 0.25) is 9.05 Å². The first-order chi connectivity index (χ1) is 7.97. The van der Waals surface area contributed by atoms with Crippen molar-refractivity contribution >= 4 is 19.7 Å². The van der Waals surface area contributed by atoms with E-state index in [2.05, 4.69) is 0 Å². The quantitative estimate of drug-likeness (QED) is 0.565. The largest absolute Gasteiger partial charge is 0.491 e. The van der Waals surface area contributed by atoms with E-state index in [1.54, 1.807) is 0 Å². The number of ether oxygens (including phenoxy) is 2. The Balaban J connectivity index is 2.13. The summed E-state index contributed by atoms with van der Waals surface area (Å²) < 4.78 is 31.6. The van der Waals surface area contributed by atoms with Gasteiger partial charge in [0.1, 0.15) is 12.4 Å². The lowest BCUT2D eigenvalue weighted by atomic mass is 10.2. The highest BCUT2D eigenvalue weighted by molar-refractivity contribution is 8.13. The lowest BCUT2D eigenvalue weighted by molar-refractivity contribution is 0.111. The molecule has 0 heterocycles. The van der Waals surface area contributed by atoms with Gasteiger partial charge in [0.05, 0.1) is 19.0 Å². The van der Waals surface area contributed by atoms with Gasteiger partial charge in [0.25, 0.3) is 0 Å². The molecule has 0 fully saturated rings. The van der Waals surface area contributed by atoms with Crippen molar-refractivity contribution in [3.8, 4) is 5.75 Å². The second-order valence-corrected chi connectivity index (χ2v) is 6.42. The highest BCUT2D eigenvalue weighted by Crippen LogP contribution is 2.11. The van der Waals surface area contributed by atoms with Crippen LogP contribution in [0.3, 0.4) is 0 Å². The van der Waals surface area contributed by atoms with Gasteiger partial charge in [-0.3, -0.25) is 0 Å². The van der Waals surface area contributed by atoms with E-state index >= 15 is 0 Å². The molecule has 0 aromatic heterocycles. The average Bonchev–Trinajstić information content (AvgIpc) is 2.22. The number of benzene rings is 1. The Morgan fingerprint density at radius 1 is 1.24 bits per heavy atom. The van der Waals surface area contributed by atoms with E-state index in [-0.39, 0.29) is 12.4 Å². The van der Waals surface area contributed by atoms with Gasteiger partial charge in [0.15, 0.2) is 0 Å². The molecule has 1 aromatic carbocycles. The monoisotopic (exact) mass is 278 g/mol. The van der Waals surface area contributed by atoms with Crippen LogP contribution in [-0.2, 0) is 13.8 Å². The molecule has 96 valence electrons. The van der Waals surface area contributed by atoms with Crippen molar-refractivity contribution in [2.45, 2.75) is 6.92 Å². The summed E-state index contributed by atoms with van der Waals surface area (Å²) in [5.74, 6) is 0.595. The first kappa shape index (κ1) is 14.3. The zero-order chi connectivity index (χ0) is 12.7. The fourth-order valence-electron chi connectivity index (χ4n) is 1.18. The number of hydrogen-bond donors (Lipinski definition) is 0. The van der Waals surface area contributed by atoms with Gasteiger partial charge in [-0.15, -0.1) is 0 Å². The summed E-state index contributed by atoms with van der Waals surface area (Å²) in [4.78, 5) is 0. The van der Waals surface area contributed by atoms with Gasteiger partial charge in [-0.05, 0) is 24.6 Å². The molecule has 1 rings (SSSR count). The second kappa shape index (κ2) is 6.83. The second-order valence-electron chi connectivity index (χ2n) is 3.52. The van der Waals surface area contributed by atoms with Crippen molar-refractivity contribution in [3.63, 3.8) is 0 Å². The SMILES string of the molecule is Cc1cccc(OCCOCCS(=O)(=O)Cl)c1. The van der Waals surface area contributed by atoms with E-state index in [1.807, 2.05) is 31.2 Å². The lowest BCUT2D eigenvalue weighted by Gasteiger charge is -2.07. The van der Waals surface area contributed by atoms with Gasteiger partial charge in [-0.2, -0.15) is 0 Å². The molecular formula is C11H15ClO4S. The molecule has 17 heavy (non-hydrogen) atoms. The fourth-order valence-corrected chi connectivity index (χ4v) is 1.69. The van der Waals surface area contributed by atoms with E-state index in [0.29, 0.717) is 13.2 Å². The van der Waals surface area contributed by atoms with Crippen LogP contribution in [0.4, 0.5) is 0 Å². The average molecular weight is 279 g/mol. The summed E-state index contributed by atoms with van der Waals surface area (Å²) in [5.41, 5.74) is 1.12. The lowest BCUT2D eigenvalue weighted by Crippen LogP contribution is -2.11. The summed E-state index contributed by atoms with van der Waals surface area (Å²) in [5, 5.41) is 0. The van der Waals surface area contributed by atoms with Crippen molar-refractivity contribution < 1.29 is 17.9 Å². The molecule has 0 saturated heterocycles. The topological polar surface area (TPSA) is 52.6 Å². The predicted molar refractivity (Wildman–Crippen MR) is 67.1 cm³/mol. The van der Waals surface area contributed by atoms with Crippen LogP contribution in [0.15, 0.2) is 24.3 Å². The Kier molecular flexibility index (Phi) is 5.74. The minimum Gasteiger partial charge on any atom is -0.491 e. The van der Waals surface area contributed by atoms with Crippen molar-refractivity contribution in [2.75, 3.05) is 25.6 Å². The molecule has 0 atom stereocenters. The standard InChI is InChI=1S/C11H15ClO4S/c1-10-3-2-4-11(9-10)16-6-5-15-7-8-17(12,13)14/h2-4,9H,5-8H2,1H3. The van der Waals surface area contributed by atoms with E-state index < -0.39 is 9.05 Å². The molecule has 6 heteroatoms. The molecule has 0 amide bonds. The Bertz CT molecular complexity index is 445. The van der Waals surface area contributed by atoms with Crippen LogP contribution in [0.2, 0.25) is 0 Å². The molecule has 0 bridgehead atoms. The summed E-state index contributed by atoms with van der Waals surface area (Å²) >= 11 is 0. The predicted octanol–water partition coefficient (Wildman–Crippen LogP) is 1.96. The molecule has 0 aliphatic rings. The van der Waals surface area contributed by atoms with E-state index in [1.165, 1.54) is 0 Å². The van der Waals surface area contributed by atoms with Crippen molar-refractivity contribution in [1.82, 2.24) is 0 Å². The van der Waals surface area contributed by atoms with Crippen LogP contribution < -0.4 is 4.74 Å². The maximum atomic E-state index is 10.6.